The molecule has 2 aliphatic rings. The molecule has 10 heteroatoms. The molecule has 2 amide bonds. The van der Waals surface area contributed by atoms with E-state index in [1.165, 1.54) is 16.4 Å². The summed E-state index contributed by atoms with van der Waals surface area (Å²) >= 11 is 5.97. The van der Waals surface area contributed by atoms with E-state index < -0.39 is 15.8 Å². The van der Waals surface area contributed by atoms with Crippen LogP contribution in [0, 0.1) is 11.7 Å². The van der Waals surface area contributed by atoms with E-state index in [2.05, 4.69) is 0 Å². The summed E-state index contributed by atoms with van der Waals surface area (Å²) in [5.41, 5.74) is 0.235. The van der Waals surface area contributed by atoms with Gasteiger partial charge in [-0.05, 0) is 31.0 Å². The molecule has 28 heavy (non-hydrogen) atoms. The van der Waals surface area contributed by atoms with Crippen molar-refractivity contribution in [3.8, 4) is 0 Å². The maximum Gasteiger partial charge on any atom is 0.255 e. The van der Waals surface area contributed by atoms with E-state index in [1.54, 1.807) is 9.80 Å². The molecule has 0 aliphatic carbocycles. The summed E-state index contributed by atoms with van der Waals surface area (Å²) in [5.74, 6) is -1.22. The first-order valence-corrected chi connectivity index (χ1v) is 11.4. The second-order valence-corrected chi connectivity index (χ2v) is 9.59. The first-order valence-electron chi connectivity index (χ1n) is 9.15. The molecule has 0 aromatic heterocycles. The van der Waals surface area contributed by atoms with Gasteiger partial charge in [0.1, 0.15) is 5.82 Å². The van der Waals surface area contributed by atoms with Crippen molar-refractivity contribution in [1.82, 2.24) is 14.1 Å². The molecule has 154 valence electrons. The minimum atomic E-state index is -3.31. The average Bonchev–Trinajstić information content (AvgIpc) is 2.66. The standard InChI is InChI=1S/C18H23ClFN3O4S/c1-28(26,27)23-6-2-3-13(12-23)17(24)21-7-9-22(10-8-21)18(25)15-5-4-14(20)11-16(15)19/h4-5,11,13H,2-3,6-10,12H2,1H3. The molecule has 0 radical (unpaired) electrons. The molecule has 1 aromatic rings. The van der Waals surface area contributed by atoms with Crippen molar-refractivity contribution < 1.29 is 22.4 Å². The highest BCUT2D eigenvalue weighted by Gasteiger charge is 2.34. The quantitative estimate of drug-likeness (QED) is 0.725. The average molecular weight is 432 g/mol. The van der Waals surface area contributed by atoms with Crippen molar-refractivity contribution in [3.05, 3.63) is 34.6 Å². The fourth-order valence-electron chi connectivity index (χ4n) is 3.67. The number of benzene rings is 1. The van der Waals surface area contributed by atoms with Gasteiger partial charge in [0.2, 0.25) is 15.9 Å². The molecule has 1 atom stereocenters. The van der Waals surface area contributed by atoms with Crippen LogP contribution in [-0.2, 0) is 14.8 Å². The molecule has 0 saturated carbocycles. The van der Waals surface area contributed by atoms with Gasteiger partial charge in [0.15, 0.2) is 0 Å². The van der Waals surface area contributed by atoms with Gasteiger partial charge in [-0.1, -0.05) is 11.6 Å². The van der Waals surface area contributed by atoms with Crippen molar-refractivity contribution in [1.29, 1.82) is 0 Å². The number of carbonyl (C=O) groups excluding carboxylic acids is 2. The Morgan fingerprint density at radius 1 is 1.11 bits per heavy atom. The largest absolute Gasteiger partial charge is 0.339 e. The van der Waals surface area contributed by atoms with Crippen molar-refractivity contribution >= 4 is 33.4 Å². The Hall–Kier alpha value is -1.71. The Morgan fingerprint density at radius 3 is 2.36 bits per heavy atom. The number of carbonyl (C=O) groups is 2. The van der Waals surface area contributed by atoms with Crippen LogP contribution in [0.1, 0.15) is 23.2 Å². The van der Waals surface area contributed by atoms with Crippen LogP contribution in [0.3, 0.4) is 0 Å². The zero-order valence-electron chi connectivity index (χ0n) is 15.6. The van der Waals surface area contributed by atoms with Crippen molar-refractivity contribution in [3.63, 3.8) is 0 Å². The summed E-state index contributed by atoms with van der Waals surface area (Å²) < 4.78 is 38.0. The SMILES string of the molecule is CS(=O)(=O)N1CCCC(C(=O)N2CCN(C(=O)c3ccc(F)cc3Cl)CC2)C1. The molecule has 2 heterocycles. The van der Waals surface area contributed by atoms with Crippen LogP contribution in [0.4, 0.5) is 4.39 Å². The van der Waals surface area contributed by atoms with Crippen LogP contribution in [0.2, 0.25) is 5.02 Å². The molecule has 0 N–H and O–H groups in total. The highest BCUT2D eigenvalue weighted by molar-refractivity contribution is 7.88. The number of rotatable bonds is 3. The number of hydrogen-bond acceptors (Lipinski definition) is 4. The third-order valence-electron chi connectivity index (χ3n) is 5.24. The van der Waals surface area contributed by atoms with Crippen LogP contribution < -0.4 is 0 Å². The zero-order valence-corrected chi connectivity index (χ0v) is 17.2. The second-order valence-electron chi connectivity index (χ2n) is 7.20. The summed E-state index contributed by atoms with van der Waals surface area (Å²) in [7, 11) is -3.31. The Bertz CT molecular complexity index is 872. The van der Waals surface area contributed by atoms with Gasteiger partial charge in [-0.25, -0.2) is 17.1 Å². The third kappa shape index (κ3) is 4.64. The number of piperazine rings is 1. The highest BCUT2D eigenvalue weighted by Crippen LogP contribution is 2.23. The van der Waals surface area contributed by atoms with Crippen LogP contribution >= 0.6 is 11.6 Å². The van der Waals surface area contributed by atoms with Crippen molar-refractivity contribution in [2.75, 3.05) is 45.5 Å². The smallest absolute Gasteiger partial charge is 0.255 e. The summed E-state index contributed by atoms with van der Waals surface area (Å²) in [6, 6.07) is 3.65. The molecule has 2 fully saturated rings. The molecule has 1 aromatic carbocycles. The molecule has 7 nitrogen and oxygen atoms in total. The predicted octanol–water partition coefficient (Wildman–Crippen LogP) is 1.44. The Kier molecular flexibility index (Phi) is 6.26. The normalized spacial score (nSPS) is 21.6. The van der Waals surface area contributed by atoms with E-state index in [0.29, 0.717) is 45.6 Å². The van der Waals surface area contributed by atoms with E-state index >= 15 is 0 Å². The van der Waals surface area contributed by atoms with Crippen molar-refractivity contribution in [2.45, 2.75) is 12.8 Å². The predicted molar refractivity (Wildman–Crippen MR) is 103 cm³/mol. The zero-order chi connectivity index (χ0) is 20.5. The summed E-state index contributed by atoms with van der Waals surface area (Å²) in [6.45, 7) is 2.10. The highest BCUT2D eigenvalue weighted by atomic mass is 35.5. The topological polar surface area (TPSA) is 78.0 Å². The fraction of sp³-hybridized carbons (Fsp3) is 0.556. The van der Waals surface area contributed by atoms with Gasteiger partial charge in [0.25, 0.3) is 5.91 Å². The molecule has 0 bridgehead atoms. The van der Waals surface area contributed by atoms with Crippen LogP contribution in [0.5, 0.6) is 0 Å². The number of hydrogen-bond donors (Lipinski definition) is 0. The van der Waals surface area contributed by atoms with Crippen LogP contribution in [0.25, 0.3) is 0 Å². The lowest BCUT2D eigenvalue weighted by Crippen LogP contribution is -2.54. The fourth-order valence-corrected chi connectivity index (χ4v) is 4.83. The van der Waals surface area contributed by atoms with Gasteiger partial charge in [-0.15, -0.1) is 0 Å². The van der Waals surface area contributed by atoms with E-state index in [4.69, 9.17) is 11.6 Å². The Labute approximate surface area is 169 Å². The molecule has 2 aliphatic heterocycles. The van der Waals surface area contributed by atoms with Gasteiger partial charge in [0, 0.05) is 39.3 Å². The summed E-state index contributed by atoms with van der Waals surface area (Å²) in [4.78, 5) is 28.7. The van der Waals surface area contributed by atoms with Gasteiger partial charge < -0.3 is 9.80 Å². The second kappa shape index (κ2) is 8.34. The lowest BCUT2D eigenvalue weighted by Gasteiger charge is -2.38. The monoisotopic (exact) mass is 431 g/mol. The first kappa shape index (κ1) is 21.0. The van der Waals surface area contributed by atoms with Gasteiger partial charge >= 0.3 is 0 Å². The molecule has 3 rings (SSSR count). The molecule has 2 saturated heterocycles. The van der Waals surface area contributed by atoms with E-state index in [0.717, 1.165) is 12.3 Å². The van der Waals surface area contributed by atoms with Crippen LogP contribution in [0.15, 0.2) is 18.2 Å². The molecule has 0 spiro atoms. The maximum atomic E-state index is 13.2. The van der Waals surface area contributed by atoms with Gasteiger partial charge in [-0.3, -0.25) is 9.59 Å². The number of nitrogens with zero attached hydrogens (tertiary/aromatic N) is 3. The number of sulfonamides is 1. The first-order chi connectivity index (χ1) is 13.2. The molecular weight excluding hydrogens is 409 g/mol. The van der Waals surface area contributed by atoms with Crippen LogP contribution in [-0.4, -0.2) is 79.9 Å². The Morgan fingerprint density at radius 2 is 1.75 bits per heavy atom. The van der Waals surface area contributed by atoms with Crippen molar-refractivity contribution in [2.24, 2.45) is 5.92 Å². The number of amides is 2. The van der Waals surface area contributed by atoms with Gasteiger partial charge in [-0.2, -0.15) is 0 Å². The molecular formula is C18H23ClFN3O4S. The number of halogens is 2. The lowest BCUT2D eigenvalue weighted by atomic mass is 9.97. The number of piperidine rings is 1. The third-order valence-corrected chi connectivity index (χ3v) is 6.82. The van der Waals surface area contributed by atoms with E-state index in [1.807, 2.05) is 0 Å². The summed E-state index contributed by atoms with van der Waals surface area (Å²) in [6.07, 6.45) is 2.48. The minimum absolute atomic E-state index is 0.0616. The summed E-state index contributed by atoms with van der Waals surface area (Å²) in [5, 5.41) is 0.0616. The van der Waals surface area contributed by atoms with E-state index in [-0.39, 0.29) is 34.9 Å². The maximum absolute atomic E-state index is 13.2. The van der Waals surface area contributed by atoms with E-state index in [9.17, 15) is 22.4 Å². The Balaban J connectivity index is 1.59. The lowest BCUT2D eigenvalue weighted by molar-refractivity contribution is -0.138. The van der Waals surface area contributed by atoms with Gasteiger partial charge in [0.05, 0.1) is 22.8 Å². The molecule has 1 unspecified atom stereocenters. The minimum Gasteiger partial charge on any atom is -0.339 e.